The molecule has 1 aliphatic carbocycles. The quantitative estimate of drug-likeness (QED) is 0.519. The van der Waals surface area contributed by atoms with Crippen molar-refractivity contribution >= 4 is 27.5 Å². The predicted octanol–water partition coefficient (Wildman–Crippen LogP) is 6.64. The largest absolute Gasteiger partial charge is 0.207 e. The van der Waals surface area contributed by atoms with Crippen molar-refractivity contribution in [3.63, 3.8) is 0 Å². The van der Waals surface area contributed by atoms with E-state index in [4.69, 9.17) is 11.6 Å². The fourth-order valence-electron chi connectivity index (χ4n) is 3.54. The summed E-state index contributed by atoms with van der Waals surface area (Å²) in [6.07, 6.45) is 5.75. The van der Waals surface area contributed by atoms with Crippen LogP contribution in [-0.2, 0) is 6.42 Å². The Morgan fingerprint density at radius 2 is 1.90 bits per heavy atom. The van der Waals surface area contributed by atoms with Gasteiger partial charge >= 0.3 is 0 Å². The molecule has 0 saturated heterocycles. The molecule has 1 fully saturated rings. The molecule has 0 amide bonds. The van der Waals surface area contributed by atoms with Crippen LogP contribution >= 0.6 is 27.5 Å². The minimum absolute atomic E-state index is 0.192. The Hall–Kier alpha value is -0.0800. The van der Waals surface area contributed by atoms with Crippen molar-refractivity contribution in [3.8, 4) is 0 Å². The van der Waals surface area contributed by atoms with Crippen LogP contribution < -0.4 is 0 Å². The summed E-state index contributed by atoms with van der Waals surface area (Å²) in [5.74, 6) is 0.593. The van der Waals surface area contributed by atoms with Gasteiger partial charge in [0.1, 0.15) is 5.82 Å². The van der Waals surface area contributed by atoms with E-state index in [1.807, 2.05) is 0 Å². The summed E-state index contributed by atoms with van der Waals surface area (Å²) >= 11 is 9.96. The van der Waals surface area contributed by atoms with Crippen molar-refractivity contribution < 1.29 is 4.39 Å². The van der Waals surface area contributed by atoms with E-state index in [9.17, 15) is 4.39 Å². The SMILES string of the molecule is CC(C)(C)C1CCC(CBr)(Cc2cc(F)ccc2Cl)CC1. The van der Waals surface area contributed by atoms with Crippen LogP contribution in [0.2, 0.25) is 5.02 Å². The molecule has 0 aromatic heterocycles. The van der Waals surface area contributed by atoms with Gasteiger partial charge in [-0.1, -0.05) is 48.3 Å². The molecule has 118 valence electrons. The van der Waals surface area contributed by atoms with E-state index in [2.05, 4.69) is 36.7 Å². The number of hydrogen-bond acceptors (Lipinski definition) is 0. The van der Waals surface area contributed by atoms with Crippen molar-refractivity contribution in [2.45, 2.75) is 52.9 Å². The van der Waals surface area contributed by atoms with Gasteiger partial charge in [-0.2, -0.15) is 0 Å². The second kappa shape index (κ2) is 6.58. The summed E-state index contributed by atoms with van der Waals surface area (Å²) < 4.78 is 13.5. The maximum atomic E-state index is 13.5. The number of benzene rings is 1. The first-order chi connectivity index (χ1) is 9.76. The molecule has 1 aliphatic rings. The lowest BCUT2D eigenvalue weighted by atomic mass is 9.63. The summed E-state index contributed by atoms with van der Waals surface area (Å²) in [6.45, 7) is 7.01. The molecule has 0 bridgehead atoms. The molecule has 1 saturated carbocycles. The number of alkyl halides is 1. The minimum atomic E-state index is -0.192. The maximum Gasteiger partial charge on any atom is 0.123 e. The highest BCUT2D eigenvalue weighted by atomic mass is 79.9. The van der Waals surface area contributed by atoms with Crippen molar-refractivity contribution in [1.29, 1.82) is 0 Å². The second-order valence-corrected chi connectivity index (χ2v) is 8.65. The third-order valence-electron chi connectivity index (χ3n) is 5.13. The molecule has 0 heterocycles. The predicted molar refractivity (Wildman–Crippen MR) is 92.8 cm³/mol. The zero-order valence-corrected chi connectivity index (χ0v) is 15.5. The third kappa shape index (κ3) is 4.22. The van der Waals surface area contributed by atoms with Gasteiger partial charge in [-0.15, -0.1) is 0 Å². The van der Waals surface area contributed by atoms with Crippen molar-refractivity contribution in [3.05, 3.63) is 34.6 Å². The van der Waals surface area contributed by atoms with Gasteiger partial charge in [-0.25, -0.2) is 4.39 Å². The van der Waals surface area contributed by atoms with Gasteiger partial charge in [-0.05, 0) is 72.6 Å². The molecular weight excluding hydrogens is 351 g/mol. The van der Waals surface area contributed by atoms with E-state index in [0.717, 1.165) is 23.2 Å². The maximum absolute atomic E-state index is 13.5. The van der Waals surface area contributed by atoms with Crippen molar-refractivity contribution in [2.75, 3.05) is 5.33 Å². The number of halogens is 3. The molecule has 3 heteroatoms. The van der Waals surface area contributed by atoms with Crippen molar-refractivity contribution in [1.82, 2.24) is 0 Å². The van der Waals surface area contributed by atoms with E-state index in [0.29, 0.717) is 10.4 Å². The molecule has 0 N–H and O–H groups in total. The zero-order chi connectivity index (χ0) is 15.7. The van der Waals surface area contributed by atoms with E-state index >= 15 is 0 Å². The van der Waals surface area contributed by atoms with Gasteiger partial charge in [0.15, 0.2) is 0 Å². The summed E-state index contributed by atoms with van der Waals surface area (Å²) in [5.41, 5.74) is 1.55. The van der Waals surface area contributed by atoms with E-state index in [1.54, 1.807) is 12.1 Å². The van der Waals surface area contributed by atoms with Crippen LogP contribution in [0.4, 0.5) is 4.39 Å². The van der Waals surface area contributed by atoms with Crippen LogP contribution in [0.25, 0.3) is 0 Å². The lowest BCUT2D eigenvalue weighted by Crippen LogP contribution is -2.35. The molecule has 0 nitrogen and oxygen atoms in total. The average molecular weight is 376 g/mol. The van der Waals surface area contributed by atoms with Crippen LogP contribution in [0, 0.1) is 22.6 Å². The topological polar surface area (TPSA) is 0 Å². The first kappa shape index (κ1) is 17.3. The lowest BCUT2D eigenvalue weighted by molar-refractivity contribution is 0.103. The van der Waals surface area contributed by atoms with Gasteiger partial charge in [0, 0.05) is 10.4 Å². The van der Waals surface area contributed by atoms with Gasteiger partial charge < -0.3 is 0 Å². The first-order valence-electron chi connectivity index (χ1n) is 7.76. The Morgan fingerprint density at radius 3 is 2.43 bits per heavy atom. The van der Waals surface area contributed by atoms with E-state index in [1.165, 1.54) is 31.7 Å². The Labute approximate surface area is 141 Å². The van der Waals surface area contributed by atoms with Crippen LogP contribution in [0.3, 0.4) is 0 Å². The molecule has 1 aromatic rings. The molecule has 0 radical (unpaired) electrons. The van der Waals surface area contributed by atoms with E-state index < -0.39 is 0 Å². The lowest BCUT2D eigenvalue weighted by Gasteiger charge is -2.43. The summed E-state index contributed by atoms with van der Waals surface area (Å²) in [6, 6.07) is 4.71. The third-order valence-corrected chi connectivity index (χ3v) is 6.69. The molecular formula is C18H25BrClF. The fraction of sp³-hybridized carbons (Fsp3) is 0.667. The molecule has 1 aromatic carbocycles. The number of hydrogen-bond donors (Lipinski definition) is 0. The Kier molecular flexibility index (Phi) is 5.41. The summed E-state index contributed by atoms with van der Waals surface area (Å²) in [7, 11) is 0. The van der Waals surface area contributed by atoms with Gasteiger partial charge in [0.05, 0.1) is 0 Å². The molecule has 21 heavy (non-hydrogen) atoms. The smallest absolute Gasteiger partial charge is 0.123 e. The minimum Gasteiger partial charge on any atom is -0.207 e. The highest BCUT2D eigenvalue weighted by Crippen LogP contribution is 2.48. The van der Waals surface area contributed by atoms with Gasteiger partial charge in [0.2, 0.25) is 0 Å². The van der Waals surface area contributed by atoms with Crippen LogP contribution in [-0.4, -0.2) is 5.33 Å². The summed E-state index contributed by atoms with van der Waals surface area (Å²) in [5, 5.41) is 1.65. The van der Waals surface area contributed by atoms with Gasteiger partial charge in [0.25, 0.3) is 0 Å². The molecule has 0 spiro atoms. The zero-order valence-electron chi connectivity index (χ0n) is 13.2. The standard InChI is InChI=1S/C18H25BrClF/c1-17(2,3)14-6-8-18(12-19,9-7-14)11-13-10-15(21)4-5-16(13)20/h4-5,10,14H,6-9,11-12H2,1-3H3. The molecule has 0 aliphatic heterocycles. The highest BCUT2D eigenvalue weighted by molar-refractivity contribution is 9.09. The van der Waals surface area contributed by atoms with Crippen molar-refractivity contribution in [2.24, 2.45) is 16.7 Å². The average Bonchev–Trinajstić information content (AvgIpc) is 2.42. The first-order valence-corrected chi connectivity index (χ1v) is 9.26. The molecule has 2 rings (SSSR count). The van der Waals surface area contributed by atoms with Gasteiger partial charge in [-0.3, -0.25) is 0 Å². The Bertz CT molecular complexity index is 484. The van der Waals surface area contributed by atoms with Crippen LogP contribution in [0.5, 0.6) is 0 Å². The Balaban J connectivity index is 2.12. The fourth-order valence-corrected chi connectivity index (χ4v) is 4.48. The molecule has 0 atom stereocenters. The normalized spacial score (nSPS) is 26.9. The number of rotatable bonds is 3. The highest BCUT2D eigenvalue weighted by Gasteiger charge is 2.38. The summed E-state index contributed by atoms with van der Waals surface area (Å²) in [4.78, 5) is 0. The second-order valence-electron chi connectivity index (χ2n) is 7.69. The van der Waals surface area contributed by atoms with Crippen LogP contribution in [0.15, 0.2) is 18.2 Å². The Morgan fingerprint density at radius 1 is 1.29 bits per heavy atom. The molecule has 0 unspecified atom stereocenters. The van der Waals surface area contributed by atoms with E-state index in [-0.39, 0.29) is 11.2 Å². The monoisotopic (exact) mass is 374 g/mol. The van der Waals surface area contributed by atoms with Crippen LogP contribution in [0.1, 0.15) is 52.0 Å².